The lowest BCUT2D eigenvalue weighted by Crippen LogP contribution is -2.37. The Bertz CT molecular complexity index is 1350. The number of para-hydroxylation sites is 1. The fourth-order valence-corrected chi connectivity index (χ4v) is 5.83. The summed E-state index contributed by atoms with van der Waals surface area (Å²) < 4.78 is 29.6. The van der Waals surface area contributed by atoms with Gasteiger partial charge in [0.1, 0.15) is 0 Å². The van der Waals surface area contributed by atoms with E-state index in [-0.39, 0.29) is 10.9 Å². The molecule has 31 heavy (non-hydrogen) atoms. The normalized spacial score (nSPS) is 17.7. The van der Waals surface area contributed by atoms with Gasteiger partial charge in [-0.2, -0.15) is 0 Å². The molecule has 0 spiro atoms. The number of hydrogen-bond acceptors (Lipinski definition) is 3. The van der Waals surface area contributed by atoms with Gasteiger partial charge in [-0.1, -0.05) is 66.2 Å². The first kappa shape index (κ1) is 20.1. The Morgan fingerprint density at radius 1 is 0.806 bits per heavy atom. The number of nitrogens with zero attached hydrogens (tertiary/aromatic N) is 1. The first-order chi connectivity index (χ1) is 15.0. The lowest BCUT2D eigenvalue weighted by Gasteiger charge is -2.33. The average molecular weight is 449 g/mol. The zero-order valence-corrected chi connectivity index (χ0v) is 18.4. The molecule has 0 saturated carbocycles. The minimum absolute atomic E-state index is 0.189. The van der Waals surface area contributed by atoms with Crippen molar-refractivity contribution in [2.75, 3.05) is 11.9 Å². The molecule has 1 aliphatic rings. The SMILES string of the molecule is CN(c1ccccc1)C1c2cccc3cccc(c23)C1NS(=O)(=O)c1ccc(Cl)cc1. The van der Waals surface area contributed by atoms with Crippen molar-refractivity contribution in [2.45, 2.75) is 17.0 Å². The molecule has 2 unspecified atom stereocenters. The number of hydrogen-bond donors (Lipinski definition) is 1. The van der Waals surface area contributed by atoms with E-state index in [4.69, 9.17) is 11.6 Å². The lowest BCUT2D eigenvalue weighted by molar-refractivity contribution is 0.505. The molecule has 1 aliphatic carbocycles. The third kappa shape index (κ3) is 3.49. The van der Waals surface area contributed by atoms with Crippen LogP contribution in [0.5, 0.6) is 0 Å². The predicted molar refractivity (Wildman–Crippen MR) is 126 cm³/mol. The predicted octanol–water partition coefficient (Wildman–Crippen LogP) is 5.70. The van der Waals surface area contributed by atoms with Crippen molar-refractivity contribution in [1.29, 1.82) is 0 Å². The largest absolute Gasteiger partial charge is 0.366 e. The summed E-state index contributed by atoms with van der Waals surface area (Å²) in [6.07, 6.45) is 0. The maximum atomic E-state index is 13.3. The summed E-state index contributed by atoms with van der Waals surface area (Å²) in [5.41, 5.74) is 3.12. The fraction of sp³-hybridized carbons (Fsp3) is 0.120. The van der Waals surface area contributed by atoms with Crippen LogP contribution in [0, 0.1) is 0 Å². The van der Waals surface area contributed by atoms with Crippen molar-refractivity contribution in [3.63, 3.8) is 0 Å². The van der Waals surface area contributed by atoms with Crippen LogP contribution < -0.4 is 9.62 Å². The van der Waals surface area contributed by atoms with Gasteiger partial charge in [-0.15, -0.1) is 0 Å². The Balaban J connectivity index is 1.63. The summed E-state index contributed by atoms with van der Waals surface area (Å²) in [4.78, 5) is 2.34. The first-order valence-electron chi connectivity index (χ1n) is 10.0. The number of sulfonamides is 1. The number of anilines is 1. The third-order valence-electron chi connectivity index (χ3n) is 5.93. The number of benzene rings is 4. The molecular weight excluding hydrogens is 428 g/mol. The Hall–Kier alpha value is -2.86. The molecule has 0 aliphatic heterocycles. The van der Waals surface area contributed by atoms with Gasteiger partial charge in [-0.25, -0.2) is 13.1 Å². The number of nitrogens with one attached hydrogen (secondary N) is 1. The van der Waals surface area contributed by atoms with Crippen LogP contribution in [-0.4, -0.2) is 15.5 Å². The summed E-state index contributed by atoms with van der Waals surface area (Å²) in [6.45, 7) is 0. The van der Waals surface area contributed by atoms with Gasteiger partial charge < -0.3 is 4.90 Å². The molecule has 156 valence electrons. The Morgan fingerprint density at radius 3 is 2.13 bits per heavy atom. The molecule has 0 aromatic heterocycles. The van der Waals surface area contributed by atoms with Crippen LogP contribution in [-0.2, 0) is 10.0 Å². The van der Waals surface area contributed by atoms with Crippen LogP contribution >= 0.6 is 11.6 Å². The van der Waals surface area contributed by atoms with Gasteiger partial charge in [0.15, 0.2) is 0 Å². The highest BCUT2D eigenvalue weighted by Crippen LogP contribution is 2.48. The standard InChI is InChI=1S/C25H21ClN2O2S/c1-28(19-9-3-2-4-10-19)25-22-12-6-8-17-7-5-11-21(23(17)22)24(25)27-31(29,30)20-15-13-18(26)14-16-20/h2-16,24-25,27H,1H3. The second-order valence-corrected chi connectivity index (χ2v) is 9.89. The molecule has 6 heteroatoms. The van der Waals surface area contributed by atoms with E-state index in [1.165, 1.54) is 12.1 Å². The van der Waals surface area contributed by atoms with Crippen LogP contribution in [0.25, 0.3) is 10.8 Å². The van der Waals surface area contributed by atoms with Crippen molar-refractivity contribution in [2.24, 2.45) is 0 Å². The van der Waals surface area contributed by atoms with Crippen molar-refractivity contribution >= 4 is 38.1 Å². The molecule has 0 saturated heterocycles. The zero-order valence-electron chi connectivity index (χ0n) is 16.9. The van der Waals surface area contributed by atoms with Crippen LogP contribution in [0.2, 0.25) is 5.02 Å². The Morgan fingerprint density at radius 2 is 1.45 bits per heavy atom. The molecule has 1 N–H and O–H groups in total. The minimum atomic E-state index is -3.76. The summed E-state index contributed by atoms with van der Waals surface area (Å²) in [5.74, 6) is 0. The Kier molecular flexibility index (Phi) is 4.97. The van der Waals surface area contributed by atoms with Crippen LogP contribution in [0.4, 0.5) is 5.69 Å². The second kappa shape index (κ2) is 7.68. The molecule has 0 fully saturated rings. The van der Waals surface area contributed by atoms with E-state index in [1.54, 1.807) is 12.1 Å². The lowest BCUT2D eigenvalue weighted by atomic mass is 10.0. The highest BCUT2D eigenvalue weighted by molar-refractivity contribution is 7.89. The second-order valence-electron chi connectivity index (χ2n) is 7.74. The number of halogens is 1. The summed E-state index contributed by atoms with van der Waals surface area (Å²) in [6, 6.07) is 27.9. The van der Waals surface area contributed by atoms with Crippen molar-refractivity contribution < 1.29 is 8.42 Å². The average Bonchev–Trinajstić information content (AvgIpc) is 3.09. The molecule has 4 nitrogen and oxygen atoms in total. The maximum absolute atomic E-state index is 13.3. The van der Waals surface area contributed by atoms with E-state index in [0.29, 0.717) is 5.02 Å². The summed E-state index contributed by atoms with van der Waals surface area (Å²) >= 11 is 5.96. The minimum Gasteiger partial charge on any atom is -0.366 e. The molecule has 0 radical (unpaired) electrons. The summed E-state index contributed by atoms with van der Waals surface area (Å²) in [5, 5.41) is 2.72. The van der Waals surface area contributed by atoms with Gasteiger partial charge in [-0.05, 0) is 58.3 Å². The van der Waals surface area contributed by atoms with Gasteiger partial charge in [-0.3, -0.25) is 0 Å². The van der Waals surface area contributed by atoms with Crippen LogP contribution in [0.15, 0.2) is 95.9 Å². The van der Waals surface area contributed by atoms with Crippen LogP contribution in [0.1, 0.15) is 23.2 Å². The van der Waals surface area contributed by atoms with E-state index in [0.717, 1.165) is 27.6 Å². The van der Waals surface area contributed by atoms with E-state index in [1.807, 2.05) is 55.6 Å². The molecule has 0 bridgehead atoms. The number of likely N-dealkylation sites (N-methyl/N-ethyl adjacent to an activating group) is 1. The highest BCUT2D eigenvalue weighted by Gasteiger charge is 2.39. The van der Waals surface area contributed by atoms with E-state index in [2.05, 4.69) is 27.8 Å². The van der Waals surface area contributed by atoms with E-state index < -0.39 is 16.1 Å². The topological polar surface area (TPSA) is 49.4 Å². The van der Waals surface area contributed by atoms with Gasteiger partial charge in [0.2, 0.25) is 10.0 Å². The molecular formula is C25H21ClN2O2S. The molecule has 4 aromatic rings. The van der Waals surface area contributed by atoms with Crippen molar-refractivity contribution in [1.82, 2.24) is 4.72 Å². The highest BCUT2D eigenvalue weighted by atomic mass is 35.5. The first-order valence-corrected chi connectivity index (χ1v) is 11.9. The molecule has 0 amide bonds. The number of rotatable bonds is 5. The molecule has 4 aromatic carbocycles. The van der Waals surface area contributed by atoms with Gasteiger partial charge >= 0.3 is 0 Å². The zero-order chi connectivity index (χ0) is 21.6. The third-order valence-corrected chi connectivity index (χ3v) is 7.63. The maximum Gasteiger partial charge on any atom is 0.241 e. The molecule has 2 atom stereocenters. The van der Waals surface area contributed by atoms with Gasteiger partial charge in [0, 0.05) is 17.8 Å². The van der Waals surface area contributed by atoms with E-state index >= 15 is 0 Å². The smallest absolute Gasteiger partial charge is 0.241 e. The van der Waals surface area contributed by atoms with Crippen molar-refractivity contribution in [3.8, 4) is 0 Å². The van der Waals surface area contributed by atoms with Crippen LogP contribution in [0.3, 0.4) is 0 Å². The molecule has 5 rings (SSSR count). The summed E-state index contributed by atoms with van der Waals surface area (Å²) in [7, 11) is -1.75. The monoisotopic (exact) mass is 448 g/mol. The van der Waals surface area contributed by atoms with E-state index in [9.17, 15) is 8.42 Å². The van der Waals surface area contributed by atoms with Gasteiger partial charge in [0.25, 0.3) is 0 Å². The Labute approximate surface area is 187 Å². The fourth-order valence-electron chi connectivity index (χ4n) is 4.49. The quantitative estimate of drug-likeness (QED) is 0.425. The molecule has 0 heterocycles. The van der Waals surface area contributed by atoms with Crippen molar-refractivity contribution in [3.05, 3.63) is 107 Å². The van der Waals surface area contributed by atoms with Gasteiger partial charge in [0.05, 0.1) is 17.0 Å².